The van der Waals surface area contributed by atoms with E-state index in [0.29, 0.717) is 18.0 Å². The van der Waals surface area contributed by atoms with Gasteiger partial charge in [-0.2, -0.15) is 0 Å². The van der Waals surface area contributed by atoms with Crippen molar-refractivity contribution < 1.29 is 0 Å². The highest BCUT2D eigenvalue weighted by Crippen LogP contribution is 2.07. The van der Waals surface area contributed by atoms with Gasteiger partial charge in [-0.3, -0.25) is 0 Å². The number of hydrogen-bond donors (Lipinski definition) is 1. The van der Waals surface area contributed by atoms with Gasteiger partial charge in [0, 0.05) is 24.3 Å². The normalized spacial score (nSPS) is 15.4. The number of rotatable bonds is 5. The maximum absolute atomic E-state index is 4.32. The lowest BCUT2D eigenvalue weighted by molar-refractivity contribution is 0.359. The Hall–Kier alpha value is -0.830. The largest absolute Gasteiger partial charge is 0.333 e. The van der Waals surface area contributed by atoms with Gasteiger partial charge in [-0.05, 0) is 33.6 Å². The lowest BCUT2D eigenvalue weighted by atomic mass is 10.1. The van der Waals surface area contributed by atoms with Crippen molar-refractivity contribution in [2.24, 2.45) is 5.92 Å². The number of nitrogens with zero attached hydrogens (tertiary/aromatic N) is 2. The Morgan fingerprint density at radius 2 is 1.88 bits per heavy atom. The van der Waals surface area contributed by atoms with Gasteiger partial charge in [0.15, 0.2) is 0 Å². The van der Waals surface area contributed by atoms with Crippen molar-refractivity contribution in [1.29, 1.82) is 0 Å². The second kappa shape index (κ2) is 5.48. The monoisotopic (exact) mass is 223 g/mol. The summed E-state index contributed by atoms with van der Waals surface area (Å²) in [5.41, 5.74) is 2.40. The van der Waals surface area contributed by atoms with Crippen molar-refractivity contribution in [3.8, 4) is 0 Å². The smallest absolute Gasteiger partial charge is 0.0951 e. The third kappa shape index (κ3) is 3.34. The fourth-order valence-electron chi connectivity index (χ4n) is 1.72. The topological polar surface area (TPSA) is 29.9 Å². The highest BCUT2D eigenvalue weighted by Gasteiger charge is 2.12. The molecular weight excluding hydrogens is 198 g/mol. The van der Waals surface area contributed by atoms with Gasteiger partial charge in [-0.15, -0.1) is 0 Å². The summed E-state index contributed by atoms with van der Waals surface area (Å²) in [7, 11) is 0. The van der Waals surface area contributed by atoms with Crippen LogP contribution in [0.25, 0.3) is 0 Å². The molecule has 0 spiro atoms. The highest BCUT2D eigenvalue weighted by molar-refractivity contribution is 5.08. The van der Waals surface area contributed by atoms with Crippen LogP contribution in [0.2, 0.25) is 0 Å². The molecule has 1 rings (SSSR count). The van der Waals surface area contributed by atoms with Crippen LogP contribution in [-0.4, -0.2) is 21.6 Å². The van der Waals surface area contributed by atoms with E-state index in [2.05, 4.69) is 56.4 Å². The van der Waals surface area contributed by atoms with Crippen LogP contribution in [0.15, 0.2) is 6.33 Å². The number of aryl methyl sites for hydroxylation is 1. The van der Waals surface area contributed by atoms with Crippen molar-refractivity contribution in [2.45, 2.75) is 60.2 Å². The van der Waals surface area contributed by atoms with E-state index in [4.69, 9.17) is 0 Å². The summed E-state index contributed by atoms with van der Waals surface area (Å²) in [6.07, 6.45) is 1.93. The van der Waals surface area contributed by atoms with E-state index in [1.54, 1.807) is 0 Å². The molecule has 0 aliphatic rings. The summed E-state index contributed by atoms with van der Waals surface area (Å²) in [4.78, 5) is 4.32. The molecule has 0 aromatic carbocycles. The van der Waals surface area contributed by atoms with Crippen molar-refractivity contribution in [2.75, 3.05) is 0 Å². The van der Waals surface area contributed by atoms with Crippen LogP contribution < -0.4 is 5.32 Å². The minimum Gasteiger partial charge on any atom is -0.333 e. The maximum Gasteiger partial charge on any atom is 0.0951 e. The molecule has 3 heteroatoms. The molecule has 16 heavy (non-hydrogen) atoms. The average molecular weight is 223 g/mol. The summed E-state index contributed by atoms with van der Waals surface area (Å²) in [5.74, 6) is 0.674. The Bertz CT molecular complexity index is 328. The second-order valence-corrected chi connectivity index (χ2v) is 5.17. The van der Waals surface area contributed by atoms with Gasteiger partial charge in [0.05, 0.1) is 12.0 Å². The molecular formula is C13H25N3. The van der Waals surface area contributed by atoms with Gasteiger partial charge in [-0.1, -0.05) is 13.8 Å². The number of hydrogen-bond acceptors (Lipinski definition) is 2. The summed E-state index contributed by atoms with van der Waals surface area (Å²) in [6, 6.07) is 1.03. The molecule has 0 radical (unpaired) electrons. The zero-order valence-corrected chi connectivity index (χ0v) is 11.4. The molecule has 0 saturated carbocycles. The Kier molecular flexibility index (Phi) is 4.54. The quantitative estimate of drug-likeness (QED) is 0.831. The molecule has 2 unspecified atom stereocenters. The van der Waals surface area contributed by atoms with Crippen molar-refractivity contribution in [1.82, 2.24) is 14.9 Å². The van der Waals surface area contributed by atoms with Crippen LogP contribution in [0, 0.1) is 19.8 Å². The predicted octanol–water partition coefficient (Wildman–Crippen LogP) is 2.52. The third-order valence-corrected chi connectivity index (χ3v) is 3.36. The zero-order chi connectivity index (χ0) is 12.3. The first-order valence-corrected chi connectivity index (χ1v) is 6.16. The molecule has 1 heterocycles. The Morgan fingerprint density at radius 3 is 2.31 bits per heavy atom. The first-order valence-electron chi connectivity index (χ1n) is 6.16. The van der Waals surface area contributed by atoms with Crippen LogP contribution in [-0.2, 0) is 6.54 Å². The predicted molar refractivity (Wildman–Crippen MR) is 68.6 cm³/mol. The summed E-state index contributed by atoms with van der Waals surface area (Å²) >= 11 is 0. The number of nitrogens with one attached hydrogen (secondary N) is 1. The summed E-state index contributed by atoms with van der Waals surface area (Å²) < 4.78 is 2.22. The van der Waals surface area contributed by atoms with Crippen molar-refractivity contribution in [3.63, 3.8) is 0 Å². The number of imidazole rings is 1. The minimum absolute atomic E-state index is 0.477. The van der Waals surface area contributed by atoms with Crippen molar-refractivity contribution >= 4 is 0 Å². The van der Waals surface area contributed by atoms with Gasteiger partial charge in [0.1, 0.15) is 0 Å². The van der Waals surface area contributed by atoms with Gasteiger partial charge >= 0.3 is 0 Å². The van der Waals surface area contributed by atoms with Crippen LogP contribution in [0.1, 0.15) is 39.1 Å². The fourth-order valence-corrected chi connectivity index (χ4v) is 1.72. The van der Waals surface area contributed by atoms with Gasteiger partial charge in [0.25, 0.3) is 0 Å². The lowest BCUT2D eigenvalue weighted by Gasteiger charge is -2.23. The van der Waals surface area contributed by atoms with Gasteiger partial charge in [-0.25, -0.2) is 4.98 Å². The van der Waals surface area contributed by atoms with Gasteiger partial charge < -0.3 is 9.88 Å². The first kappa shape index (κ1) is 13.2. The second-order valence-electron chi connectivity index (χ2n) is 5.17. The van der Waals surface area contributed by atoms with Gasteiger partial charge in [0.2, 0.25) is 0 Å². The molecule has 0 bridgehead atoms. The molecule has 0 amide bonds. The highest BCUT2D eigenvalue weighted by atomic mass is 15.1. The Balaban J connectivity index is 2.51. The molecule has 1 aromatic rings. The number of aromatic nitrogens is 2. The molecule has 92 valence electrons. The Labute approximate surface area is 99.3 Å². The van der Waals surface area contributed by atoms with E-state index in [1.807, 2.05) is 6.33 Å². The molecule has 2 atom stereocenters. The zero-order valence-electron chi connectivity index (χ0n) is 11.4. The molecule has 0 saturated heterocycles. The molecule has 0 aliphatic carbocycles. The first-order chi connectivity index (χ1) is 7.41. The van der Waals surface area contributed by atoms with E-state index in [9.17, 15) is 0 Å². The van der Waals surface area contributed by atoms with Crippen LogP contribution >= 0.6 is 0 Å². The van der Waals surface area contributed by atoms with Crippen molar-refractivity contribution in [3.05, 3.63) is 17.7 Å². The van der Waals surface area contributed by atoms with Crippen LogP contribution in [0.4, 0.5) is 0 Å². The van der Waals surface area contributed by atoms with E-state index in [-0.39, 0.29) is 0 Å². The lowest BCUT2D eigenvalue weighted by Crippen LogP contribution is -2.40. The van der Waals surface area contributed by atoms with E-state index in [1.165, 1.54) is 5.69 Å². The molecule has 3 nitrogen and oxygen atoms in total. The molecule has 1 N–H and O–H groups in total. The van der Waals surface area contributed by atoms with E-state index in [0.717, 1.165) is 12.2 Å². The maximum atomic E-state index is 4.32. The minimum atomic E-state index is 0.477. The fraction of sp³-hybridized carbons (Fsp3) is 0.769. The van der Waals surface area contributed by atoms with Crippen LogP contribution in [0.3, 0.4) is 0 Å². The van der Waals surface area contributed by atoms with E-state index < -0.39 is 0 Å². The molecule has 0 aliphatic heterocycles. The molecule has 1 aromatic heterocycles. The third-order valence-electron chi connectivity index (χ3n) is 3.36. The van der Waals surface area contributed by atoms with E-state index >= 15 is 0 Å². The standard InChI is InChI=1S/C13H25N3/c1-9(2)11(4)15-10(3)7-16-8-14-12(5)13(16)6/h8-11,15H,7H2,1-6H3. The average Bonchev–Trinajstić information content (AvgIpc) is 2.49. The molecule has 0 fully saturated rings. The summed E-state index contributed by atoms with van der Waals surface area (Å²) in [6.45, 7) is 14.1. The van der Waals surface area contributed by atoms with Crippen LogP contribution in [0.5, 0.6) is 0 Å². The SMILES string of the molecule is Cc1ncn(CC(C)NC(C)C(C)C)c1C. The summed E-state index contributed by atoms with van der Waals surface area (Å²) in [5, 5.41) is 3.62. The Morgan fingerprint density at radius 1 is 1.25 bits per heavy atom.